The summed E-state index contributed by atoms with van der Waals surface area (Å²) in [5.74, 6) is 0. The minimum Gasteiger partial charge on any atom is -0.375 e. The van der Waals surface area contributed by atoms with E-state index in [1.165, 1.54) is 0 Å². The van der Waals surface area contributed by atoms with Crippen molar-refractivity contribution in [1.82, 2.24) is 0 Å². The monoisotopic (exact) mass is 172 g/mol. The van der Waals surface area contributed by atoms with Gasteiger partial charge >= 0.3 is 0 Å². The molecule has 1 saturated heterocycles. The first-order valence-corrected chi connectivity index (χ1v) is 4.20. The molecular formula is C9H16O3. The van der Waals surface area contributed by atoms with Gasteiger partial charge in [-0.1, -0.05) is 6.08 Å². The maximum atomic E-state index is 5.45. The Kier molecular flexibility index (Phi) is 4.29. The van der Waals surface area contributed by atoms with Gasteiger partial charge in [-0.25, -0.2) is 0 Å². The van der Waals surface area contributed by atoms with E-state index < -0.39 is 0 Å². The first-order chi connectivity index (χ1) is 5.86. The SMILES string of the molecule is C=CC[C@@H]1C[C@H](OCOC)CO1. The van der Waals surface area contributed by atoms with Crippen molar-refractivity contribution < 1.29 is 14.2 Å². The van der Waals surface area contributed by atoms with Gasteiger partial charge in [-0.15, -0.1) is 6.58 Å². The Morgan fingerprint density at radius 2 is 2.50 bits per heavy atom. The maximum Gasteiger partial charge on any atom is 0.146 e. The van der Waals surface area contributed by atoms with Crippen molar-refractivity contribution in [2.45, 2.75) is 25.0 Å². The number of hydrogen-bond donors (Lipinski definition) is 0. The Bertz CT molecular complexity index is 136. The smallest absolute Gasteiger partial charge is 0.146 e. The van der Waals surface area contributed by atoms with E-state index in [9.17, 15) is 0 Å². The van der Waals surface area contributed by atoms with Crippen molar-refractivity contribution in [1.29, 1.82) is 0 Å². The molecule has 2 atom stereocenters. The van der Waals surface area contributed by atoms with Crippen LogP contribution in [0.3, 0.4) is 0 Å². The van der Waals surface area contributed by atoms with Crippen LogP contribution in [-0.2, 0) is 14.2 Å². The number of hydrogen-bond acceptors (Lipinski definition) is 3. The minimum atomic E-state index is 0.204. The largest absolute Gasteiger partial charge is 0.375 e. The van der Waals surface area contributed by atoms with Gasteiger partial charge < -0.3 is 14.2 Å². The van der Waals surface area contributed by atoms with E-state index in [0.717, 1.165) is 12.8 Å². The van der Waals surface area contributed by atoms with E-state index in [0.29, 0.717) is 19.5 Å². The van der Waals surface area contributed by atoms with Crippen LogP contribution in [0.5, 0.6) is 0 Å². The summed E-state index contributed by atoms with van der Waals surface area (Å²) in [6, 6.07) is 0. The van der Waals surface area contributed by atoms with Gasteiger partial charge in [0.15, 0.2) is 0 Å². The van der Waals surface area contributed by atoms with Crippen LogP contribution < -0.4 is 0 Å². The molecule has 1 aliphatic rings. The van der Waals surface area contributed by atoms with Gasteiger partial charge in [0.25, 0.3) is 0 Å². The highest BCUT2D eigenvalue weighted by molar-refractivity contribution is 4.80. The summed E-state index contributed by atoms with van der Waals surface area (Å²) >= 11 is 0. The van der Waals surface area contributed by atoms with Crippen LogP contribution in [0, 0.1) is 0 Å². The van der Waals surface area contributed by atoms with Gasteiger partial charge in [-0.05, 0) is 6.42 Å². The molecule has 0 aromatic heterocycles. The first kappa shape index (κ1) is 9.71. The van der Waals surface area contributed by atoms with Crippen LogP contribution >= 0.6 is 0 Å². The molecule has 0 spiro atoms. The third-order valence-electron chi connectivity index (χ3n) is 1.89. The van der Waals surface area contributed by atoms with Crippen LogP contribution in [-0.4, -0.2) is 32.7 Å². The Hall–Kier alpha value is -0.380. The maximum absolute atomic E-state index is 5.45. The zero-order valence-corrected chi connectivity index (χ0v) is 7.49. The van der Waals surface area contributed by atoms with Gasteiger partial charge in [0.1, 0.15) is 6.79 Å². The van der Waals surface area contributed by atoms with Gasteiger partial charge in [-0.2, -0.15) is 0 Å². The highest BCUT2D eigenvalue weighted by Crippen LogP contribution is 2.18. The fraction of sp³-hybridized carbons (Fsp3) is 0.778. The topological polar surface area (TPSA) is 27.7 Å². The summed E-state index contributed by atoms with van der Waals surface area (Å²) in [4.78, 5) is 0. The van der Waals surface area contributed by atoms with Gasteiger partial charge in [0.2, 0.25) is 0 Å². The number of ether oxygens (including phenoxy) is 3. The van der Waals surface area contributed by atoms with Crippen LogP contribution in [0.1, 0.15) is 12.8 Å². The summed E-state index contributed by atoms with van der Waals surface area (Å²) in [7, 11) is 1.62. The van der Waals surface area contributed by atoms with Crippen LogP contribution in [0.2, 0.25) is 0 Å². The molecule has 12 heavy (non-hydrogen) atoms. The molecule has 1 rings (SSSR count). The van der Waals surface area contributed by atoms with Crippen molar-refractivity contribution in [2.75, 3.05) is 20.5 Å². The fourth-order valence-corrected chi connectivity index (χ4v) is 1.30. The first-order valence-electron chi connectivity index (χ1n) is 4.20. The average molecular weight is 172 g/mol. The molecule has 0 N–H and O–H groups in total. The summed E-state index contributed by atoms with van der Waals surface area (Å²) in [5.41, 5.74) is 0. The van der Waals surface area contributed by atoms with E-state index >= 15 is 0 Å². The van der Waals surface area contributed by atoms with Crippen LogP contribution in [0.15, 0.2) is 12.7 Å². The van der Waals surface area contributed by atoms with Crippen LogP contribution in [0.25, 0.3) is 0 Å². The van der Waals surface area contributed by atoms with Crippen molar-refractivity contribution in [2.24, 2.45) is 0 Å². The molecule has 0 saturated carbocycles. The lowest BCUT2D eigenvalue weighted by molar-refractivity contribution is -0.0720. The second-order valence-corrected chi connectivity index (χ2v) is 2.91. The van der Waals surface area contributed by atoms with Gasteiger partial charge in [-0.3, -0.25) is 0 Å². The molecule has 0 bridgehead atoms. The summed E-state index contributed by atoms with van der Waals surface area (Å²) in [5, 5.41) is 0. The number of rotatable bonds is 5. The number of methoxy groups -OCH3 is 1. The normalized spacial score (nSPS) is 29.1. The highest BCUT2D eigenvalue weighted by Gasteiger charge is 2.24. The lowest BCUT2D eigenvalue weighted by Gasteiger charge is -2.07. The zero-order chi connectivity index (χ0) is 8.81. The molecule has 0 unspecified atom stereocenters. The molecule has 3 nitrogen and oxygen atoms in total. The minimum absolute atomic E-state index is 0.204. The summed E-state index contributed by atoms with van der Waals surface area (Å²) in [6.45, 7) is 4.70. The molecule has 3 heteroatoms. The van der Waals surface area contributed by atoms with E-state index in [1.807, 2.05) is 6.08 Å². The molecule has 0 aromatic carbocycles. The molecule has 70 valence electrons. The van der Waals surface area contributed by atoms with E-state index in [-0.39, 0.29) is 6.10 Å². The van der Waals surface area contributed by atoms with Gasteiger partial charge in [0, 0.05) is 13.5 Å². The van der Waals surface area contributed by atoms with E-state index in [1.54, 1.807) is 7.11 Å². The molecule has 0 radical (unpaired) electrons. The lowest BCUT2D eigenvalue weighted by atomic mass is 10.1. The summed E-state index contributed by atoms with van der Waals surface area (Å²) < 4.78 is 15.6. The Balaban J connectivity index is 2.12. The Labute approximate surface area is 73.3 Å². The molecule has 0 aromatic rings. The molecular weight excluding hydrogens is 156 g/mol. The van der Waals surface area contributed by atoms with Gasteiger partial charge in [0.05, 0.1) is 18.8 Å². The molecule has 0 aliphatic carbocycles. The second-order valence-electron chi connectivity index (χ2n) is 2.91. The van der Waals surface area contributed by atoms with E-state index in [2.05, 4.69) is 6.58 Å². The second kappa shape index (κ2) is 5.30. The Morgan fingerprint density at radius 3 is 3.17 bits per heavy atom. The van der Waals surface area contributed by atoms with Crippen molar-refractivity contribution >= 4 is 0 Å². The average Bonchev–Trinajstić information content (AvgIpc) is 2.50. The quantitative estimate of drug-likeness (QED) is 0.462. The van der Waals surface area contributed by atoms with Crippen molar-refractivity contribution in [3.05, 3.63) is 12.7 Å². The molecule has 1 fully saturated rings. The highest BCUT2D eigenvalue weighted by atomic mass is 16.7. The lowest BCUT2D eigenvalue weighted by Crippen LogP contribution is -2.14. The fourth-order valence-electron chi connectivity index (χ4n) is 1.30. The summed E-state index contributed by atoms with van der Waals surface area (Å²) in [6.07, 6.45) is 4.24. The molecule has 0 amide bonds. The predicted molar refractivity (Wildman–Crippen MR) is 45.9 cm³/mol. The molecule has 1 aliphatic heterocycles. The third kappa shape index (κ3) is 2.93. The third-order valence-corrected chi connectivity index (χ3v) is 1.89. The predicted octanol–water partition coefficient (Wildman–Crippen LogP) is 1.34. The zero-order valence-electron chi connectivity index (χ0n) is 7.49. The van der Waals surface area contributed by atoms with Crippen molar-refractivity contribution in [3.63, 3.8) is 0 Å². The molecule has 1 heterocycles. The van der Waals surface area contributed by atoms with E-state index in [4.69, 9.17) is 14.2 Å². The Morgan fingerprint density at radius 1 is 1.67 bits per heavy atom. The van der Waals surface area contributed by atoms with Crippen LogP contribution in [0.4, 0.5) is 0 Å². The van der Waals surface area contributed by atoms with Crippen molar-refractivity contribution in [3.8, 4) is 0 Å². The standard InChI is InChI=1S/C9H16O3/c1-3-4-8-5-9(6-11-8)12-7-10-2/h3,8-9H,1,4-7H2,2H3/t8-,9+/m1/s1.